The van der Waals surface area contributed by atoms with Crippen molar-refractivity contribution in [2.24, 2.45) is 5.73 Å². The lowest BCUT2D eigenvalue weighted by Gasteiger charge is -2.14. The van der Waals surface area contributed by atoms with E-state index in [4.69, 9.17) is 5.73 Å². The van der Waals surface area contributed by atoms with E-state index < -0.39 is 5.91 Å². The van der Waals surface area contributed by atoms with Crippen molar-refractivity contribution >= 4 is 17.9 Å². The molecule has 4 heteroatoms. The normalized spacial score (nSPS) is 10.6. The van der Waals surface area contributed by atoms with Crippen LogP contribution in [0, 0.1) is 0 Å². The molecule has 25 heavy (non-hydrogen) atoms. The predicted molar refractivity (Wildman–Crippen MR) is 102 cm³/mol. The van der Waals surface area contributed by atoms with Gasteiger partial charge in [0.05, 0.1) is 0 Å². The molecule has 0 atom stereocenters. The third kappa shape index (κ3) is 5.46. The molecule has 0 aliphatic rings. The van der Waals surface area contributed by atoms with Gasteiger partial charge in [-0.1, -0.05) is 55.1 Å². The SMILES string of the molecule is C=CC(=O)NCCCc1c(/C=C/C(N)=O)cccc1-c1ccccc1. The van der Waals surface area contributed by atoms with Crippen molar-refractivity contribution < 1.29 is 9.59 Å². The van der Waals surface area contributed by atoms with Gasteiger partial charge in [-0.2, -0.15) is 0 Å². The fourth-order valence-corrected chi connectivity index (χ4v) is 2.65. The van der Waals surface area contributed by atoms with Crippen LogP contribution in [-0.4, -0.2) is 18.4 Å². The summed E-state index contributed by atoms with van der Waals surface area (Å²) in [6, 6.07) is 16.1. The molecule has 0 aliphatic carbocycles. The molecule has 3 N–H and O–H groups in total. The number of carbonyl (C=O) groups excluding carboxylic acids is 2. The summed E-state index contributed by atoms with van der Waals surface area (Å²) in [7, 11) is 0. The standard InChI is InChI=1S/C21H22N2O2/c1-2-21(25)23-15-7-12-19-17(13-14-20(22)24)10-6-11-18(19)16-8-4-3-5-9-16/h2-6,8-11,13-14H,1,7,12,15H2,(H2,22,24)(H,23,25)/b14-13+. The first kappa shape index (κ1) is 18.2. The minimum Gasteiger partial charge on any atom is -0.366 e. The molecule has 0 spiro atoms. The van der Waals surface area contributed by atoms with Crippen LogP contribution in [0.3, 0.4) is 0 Å². The zero-order valence-electron chi connectivity index (χ0n) is 14.1. The van der Waals surface area contributed by atoms with Crippen molar-refractivity contribution in [1.29, 1.82) is 0 Å². The van der Waals surface area contributed by atoms with Gasteiger partial charge in [0.15, 0.2) is 0 Å². The number of hydrogen-bond donors (Lipinski definition) is 2. The third-order valence-electron chi connectivity index (χ3n) is 3.81. The number of rotatable bonds is 8. The van der Waals surface area contributed by atoms with Crippen molar-refractivity contribution in [2.45, 2.75) is 12.8 Å². The Morgan fingerprint density at radius 3 is 2.52 bits per heavy atom. The molecule has 0 aliphatic heterocycles. The van der Waals surface area contributed by atoms with Crippen LogP contribution in [0.5, 0.6) is 0 Å². The molecule has 2 amide bonds. The number of nitrogens with two attached hydrogens (primary N) is 1. The van der Waals surface area contributed by atoms with Gasteiger partial charge in [-0.15, -0.1) is 0 Å². The number of amides is 2. The van der Waals surface area contributed by atoms with Gasteiger partial charge in [0.1, 0.15) is 0 Å². The molecule has 0 fully saturated rings. The Bertz CT molecular complexity index is 780. The quantitative estimate of drug-likeness (QED) is 0.575. The van der Waals surface area contributed by atoms with E-state index in [9.17, 15) is 9.59 Å². The number of nitrogens with one attached hydrogen (secondary N) is 1. The smallest absolute Gasteiger partial charge is 0.243 e. The van der Waals surface area contributed by atoms with Gasteiger partial charge < -0.3 is 11.1 Å². The van der Waals surface area contributed by atoms with E-state index in [1.54, 1.807) is 6.08 Å². The van der Waals surface area contributed by atoms with E-state index in [0.717, 1.165) is 35.1 Å². The highest BCUT2D eigenvalue weighted by Crippen LogP contribution is 2.28. The monoisotopic (exact) mass is 334 g/mol. The Hall–Kier alpha value is -3.14. The molecular weight excluding hydrogens is 312 g/mol. The first-order valence-corrected chi connectivity index (χ1v) is 8.17. The molecule has 2 aromatic carbocycles. The van der Waals surface area contributed by atoms with Gasteiger partial charge in [-0.05, 0) is 47.2 Å². The second-order valence-corrected chi connectivity index (χ2v) is 5.57. The average Bonchev–Trinajstić information content (AvgIpc) is 2.64. The maximum atomic E-state index is 11.3. The maximum Gasteiger partial charge on any atom is 0.243 e. The molecule has 0 radical (unpaired) electrons. The van der Waals surface area contributed by atoms with Crippen molar-refractivity contribution in [3.05, 3.63) is 78.4 Å². The summed E-state index contributed by atoms with van der Waals surface area (Å²) in [5.74, 6) is -0.653. The molecule has 0 bridgehead atoms. The first-order chi connectivity index (χ1) is 12.1. The fraction of sp³-hybridized carbons (Fsp3) is 0.143. The highest BCUT2D eigenvalue weighted by Gasteiger charge is 2.09. The highest BCUT2D eigenvalue weighted by atomic mass is 16.1. The van der Waals surface area contributed by atoms with Crippen LogP contribution < -0.4 is 11.1 Å². The van der Waals surface area contributed by atoms with E-state index in [1.165, 1.54) is 12.2 Å². The number of hydrogen-bond acceptors (Lipinski definition) is 2. The molecule has 128 valence electrons. The number of benzene rings is 2. The lowest BCUT2D eigenvalue weighted by molar-refractivity contribution is -0.116. The van der Waals surface area contributed by atoms with Crippen LogP contribution in [0.2, 0.25) is 0 Å². The molecule has 0 aromatic heterocycles. The van der Waals surface area contributed by atoms with Crippen LogP contribution >= 0.6 is 0 Å². The Morgan fingerprint density at radius 1 is 1.08 bits per heavy atom. The summed E-state index contributed by atoms with van der Waals surface area (Å²) in [4.78, 5) is 22.3. The van der Waals surface area contributed by atoms with E-state index in [0.29, 0.717) is 6.54 Å². The molecular formula is C21H22N2O2. The summed E-state index contributed by atoms with van der Waals surface area (Å²) in [6.45, 7) is 4.00. The molecule has 0 heterocycles. The summed E-state index contributed by atoms with van der Waals surface area (Å²) in [5, 5.41) is 2.78. The van der Waals surface area contributed by atoms with Gasteiger partial charge in [0.2, 0.25) is 11.8 Å². The van der Waals surface area contributed by atoms with Crippen molar-refractivity contribution in [3.8, 4) is 11.1 Å². The maximum absolute atomic E-state index is 11.3. The van der Waals surface area contributed by atoms with Gasteiger partial charge in [-0.3, -0.25) is 9.59 Å². The highest BCUT2D eigenvalue weighted by molar-refractivity contribution is 5.91. The molecule has 0 saturated carbocycles. The summed E-state index contributed by atoms with van der Waals surface area (Å²) in [6.07, 6.45) is 5.92. The first-order valence-electron chi connectivity index (χ1n) is 8.17. The zero-order chi connectivity index (χ0) is 18.1. The summed E-state index contributed by atoms with van der Waals surface area (Å²) in [5.41, 5.74) is 9.53. The van der Waals surface area contributed by atoms with Crippen LogP contribution in [-0.2, 0) is 16.0 Å². The largest absolute Gasteiger partial charge is 0.366 e. The molecule has 2 aromatic rings. The number of primary amides is 1. The second kappa shape index (κ2) is 9.23. The van der Waals surface area contributed by atoms with Crippen LogP contribution in [0.4, 0.5) is 0 Å². The topological polar surface area (TPSA) is 72.2 Å². The lowest BCUT2D eigenvalue weighted by Crippen LogP contribution is -2.22. The predicted octanol–water partition coefficient (Wildman–Crippen LogP) is 3.09. The Morgan fingerprint density at radius 2 is 1.84 bits per heavy atom. The van der Waals surface area contributed by atoms with E-state index >= 15 is 0 Å². The minimum atomic E-state index is -0.477. The second-order valence-electron chi connectivity index (χ2n) is 5.57. The molecule has 4 nitrogen and oxygen atoms in total. The van der Waals surface area contributed by atoms with Gasteiger partial charge in [0.25, 0.3) is 0 Å². The van der Waals surface area contributed by atoms with Gasteiger partial charge >= 0.3 is 0 Å². The van der Waals surface area contributed by atoms with Crippen LogP contribution in [0.1, 0.15) is 17.5 Å². The fourth-order valence-electron chi connectivity index (χ4n) is 2.65. The van der Waals surface area contributed by atoms with E-state index in [-0.39, 0.29) is 5.91 Å². The Balaban J connectivity index is 2.29. The lowest BCUT2D eigenvalue weighted by atomic mass is 9.92. The number of carbonyl (C=O) groups is 2. The summed E-state index contributed by atoms with van der Waals surface area (Å²) < 4.78 is 0. The van der Waals surface area contributed by atoms with E-state index in [2.05, 4.69) is 30.1 Å². The molecule has 0 unspecified atom stereocenters. The van der Waals surface area contributed by atoms with Crippen molar-refractivity contribution in [2.75, 3.05) is 6.54 Å². The van der Waals surface area contributed by atoms with E-state index in [1.807, 2.05) is 30.3 Å². The molecule has 2 rings (SSSR count). The van der Waals surface area contributed by atoms with Crippen molar-refractivity contribution in [3.63, 3.8) is 0 Å². The summed E-state index contributed by atoms with van der Waals surface area (Å²) >= 11 is 0. The van der Waals surface area contributed by atoms with Gasteiger partial charge in [0, 0.05) is 12.6 Å². The Labute approximate surface area is 148 Å². The van der Waals surface area contributed by atoms with Crippen LogP contribution in [0.25, 0.3) is 17.2 Å². The Kier molecular flexibility index (Phi) is 6.72. The third-order valence-corrected chi connectivity index (χ3v) is 3.81. The van der Waals surface area contributed by atoms with Gasteiger partial charge in [-0.25, -0.2) is 0 Å². The van der Waals surface area contributed by atoms with Crippen molar-refractivity contribution in [1.82, 2.24) is 5.32 Å². The zero-order valence-corrected chi connectivity index (χ0v) is 14.1. The average molecular weight is 334 g/mol. The molecule has 0 saturated heterocycles. The minimum absolute atomic E-state index is 0.176. The van der Waals surface area contributed by atoms with Crippen LogP contribution in [0.15, 0.2) is 67.3 Å².